The highest BCUT2D eigenvalue weighted by atomic mass is 127. The molecule has 1 fully saturated rings. The molecule has 9 heteroatoms. The zero-order valence-corrected chi connectivity index (χ0v) is 21.7. The molecule has 1 atom stereocenters. The second-order valence-corrected chi connectivity index (χ2v) is 7.97. The minimum atomic E-state index is 0. The van der Waals surface area contributed by atoms with Crippen molar-refractivity contribution >= 4 is 35.6 Å². The third-order valence-corrected chi connectivity index (χ3v) is 5.81. The molecular weight excluding hydrogens is 529 g/mol. The first-order chi connectivity index (χ1) is 15.6. The maximum absolute atomic E-state index is 5.55. The van der Waals surface area contributed by atoms with Crippen molar-refractivity contribution in [2.75, 3.05) is 25.1 Å². The molecule has 2 N–H and O–H groups in total. The van der Waals surface area contributed by atoms with Gasteiger partial charge in [-0.3, -0.25) is 0 Å². The summed E-state index contributed by atoms with van der Waals surface area (Å²) in [5, 5.41) is 15.5. The highest BCUT2D eigenvalue weighted by molar-refractivity contribution is 14.0. The number of aryl methyl sites for hydroxylation is 1. The Kier molecular flexibility index (Phi) is 8.93. The predicted octanol–water partition coefficient (Wildman–Crippen LogP) is 3.26. The zero-order chi connectivity index (χ0) is 22.3. The van der Waals surface area contributed by atoms with Crippen LogP contribution in [0.5, 0.6) is 5.75 Å². The molecule has 0 radical (unpaired) electrons. The average Bonchev–Trinajstić information content (AvgIpc) is 3.43. The number of aromatic nitrogens is 3. The number of benzene rings is 2. The molecule has 3 aromatic rings. The summed E-state index contributed by atoms with van der Waals surface area (Å²) in [6.07, 6.45) is 1.02. The van der Waals surface area contributed by atoms with Crippen LogP contribution in [-0.4, -0.2) is 47.0 Å². The number of nitrogens with one attached hydrogen (secondary N) is 2. The third-order valence-electron chi connectivity index (χ3n) is 5.81. The largest absolute Gasteiger partial charge is 0.495 e. The summed E-state index contributed by atoms with van der Waals surface area (Å²) in [6, 6.07) is 18.7. The predicted molar refractivity (Wildman–Crippen MR) is 142 cm³/mol. The van der Waals surface area contributed by atoms with Gasteiger partial charge in [-0.05, 0) is 31.0 Å². The Morgan fingerprint density at radius 3 is 2.61 bits per heavy atom. The molecular formula is C24H32IN7O. The maximum Gasteiger partial charge on any atom is 0.192 e. The quantitative estimate of drug-likeness (QED) is 0.262. The summed E-state index contributed by atoms with van der Waals surface area (Å²) < 4.78 is 7.54. The van der Waals surface area contributed by atoms with Crippen LogP contribution < -0.4 is 20.3 Å². The highest BCUT2D eigenvalue weighted by Gasteiger charge is 2.25. The molecule has 4 rings (SSSR count). The van der Waals surface area contributed by atoms with Gasteiger partial charge in [0.25, 0.3) is 0 Å². The molecule has 2 heterocycles. The van der Waals surface area contributed by atoms with Gasteiger partial charge in [0.15, 0.2) is 11.8 Å². The highest BCUT2D eigenvalue weighted by Crippen LogP contribution is 2.30. The molecule has 0 aliphatic carbocycles. The Morgan fingerprint density at radius 1 is 1.12 bits per heavy atom. The van der Waals surface area contributed by atoms with Crippen molar-refractivity contribution in [2.45, 2.75) is 32.5 Å². The van der Waals surface area contributed by atoms with Crippen LogP contribution in [0.15, 0.2) is 59.6 Å². The van der Waals surface area contributed by atoms with Gasteiger partial charge in [-0.1, -0.05) is 42.5 Å². The third kappa shape index (κ3) is 6.37. The number of methoxy groups -OCH3 is 1. The average molecular weight is 561 g/mol. The number of hydrogen-bond acceptors (Lipinski definition) is 5. The van der Waals surface area contributed by atoms with Crippen molar-refractivity contribution < 1.29 is 4.74 Å². The number of aliphatic imine (C=N–C) groups is 1. The fourth-order valence-corrected chi connectivity index (χ4v) is 3.86. The first-order valence-corrected chi connectivity index (χ1v) is 11.0. The number of hydrogen-bond donors (Lipinski definition) is 2. The van der Waals surface area contributed by atoms with Crippen LogP contribution in [-0.2, 0) is 20.1 Å². The van der Waals surface area contributed by atoms with E-state index in [4.69, 9.17) is 9.73 Å². The van der Waals surface area contributed by atoms with Crippen molar-refractivity contribution in [3.05, 3.63) is 71.8 Å². The number of anilines is 1. The minimum Gasteiger partial charge on any atom is -0.495 e. The summed E-state index contributed by atoms with van der Waals surface area (Å²) in [4.78, 5) is 7.19. The lowest BCUT2D eigenvalue weighted by Crippen LogP contribution is -2.44. The van der Waals surface area contributed by atoms with Crippen LogP contribution in [0.2, 0.25) is 0 Å². The number of ether oxygens (including phenoxy) is 1. The van der Waals surface area contributed by atoms with E-state index < -0.39 is 0 Å². The minimum absolute atomic E-state index is 0. The zero-order valence-electron chi connectivity index (χ0n) is 19.4. The molecule has 0 bridgehead atoms. The topological polar surface area (TPSA) is 79.6 Å². The van der Waals surface area contributed by atoms with E-state index in [-0.39, 0.29) is 30.0 Å². The Bertz CT molecular complexity index is 1050. The normalized spacial score (nSPS) is 15.8. The fraction of sp³-hybridized carbons (Fsp3) is 0.375. The van der Waals surface area contributed by atoms with Crippen LogP contribution in [0.4, 0.5) is 5.69 Å². The monoisotopic (exact) mass is 561 g/mol. The van der Waals surface area contributed by atoms with E-state index in [1.165, 1.54) is 5.56 Å². The lowest BCUT2D eigenvalue weighted by atomic mass is 10.2. The first kappa shape index (κ1) is 24.8. The van der Waals surface area contributed by atoms with Gasteiger partial charge in [0, 0.05) is 26.2 Å². The van der Waals surface area contributed by atoms with Crippen LogP contribution >= 0.6 is 24.0 Å². The molecule has 1 saturated heterocycles. The van der Waals surface area contributed by atoms with E-state index in [2.05, 4.69) is 50.0 Å². The number of nitrogens with zero attached hydrogens (tertiary/aromatic N) is 5. The summed E-state index contributed by atoms with van der Waals surface area (Å²) in [7, 11) is 3.69. The van der Waals surface area contributed by atoms with Crippen molar-refractivity contribution in [2.24, 2.45) is 12.0 Å². The number of guanidine groups is 1. The molecule has 176 valence electrons. The van der Waals surface area contributed by atoms with E-state index in [9.17, 15) is 0 Å². The van der Waals surface area contributed by atoms with Gasteiger partial charge in [-0.15, -0.1) is 34.2 Å². The van der Waals surface area contributed by atoms with Crippen molar-refractivity contribution in [1.82, 2.24) is 25.4 Å². The molecule has 0 saturated carbocycles. The maximum atomic E-state index is 5.55. The van der Waals surface area contributed by atoms with E-state index in [0.29, 0.717) is 13.1 Å². The van der Waals surface area contributed by atoms with Gasteiger partial charge in [-0.25, -0.2) is 4.99 Å². The number of rotatable bonds is 7. The van der Waals surface area contributed by atoms with Crippen LogP contribution in [0, 0.1) is 6.92 Å². The van der Waals surface area contributed by atoms with E-state index in [1.54, 1.807) is 7.11 Å². The van der Waals surface area contributed by atoms with Crippen molar-refractivity contribution in [3.63, 3.8) is 0 Å². The Labute approximate surface area is 212 Å². The standard InChI is InChI=1S/C24H31N7O.HI/c1-18-28-29-23(30(18)2)16-26-24(25-15-19-9-5-4-6-10-19)27-20-13-14-31(17-20)21-11-7-8-12-22(21)32-3;/h4-12,20H,13-17H2,1-3H3,(H2,25,26,27);1H. The lowest BCUT2D eigenvalue weighted by Gasteiger charge is -2.22. The second kappa shape index (κ2) is 11.9. The molecule has 1 unspecified atom stereocenters. The first-order valence-electron chi connectivity index (χ1n) is 11.0. The Balaban J connectivity index is 0.00000306. The Morgan fingerprint density at radius 2 is 1.88 bits per heavy atom. The Hall–Kier alpha value is -2.82. The molecule has 1 aromatic heterocycles. The van der Waals surface area contributed by atoms with Crippen LogP contribution in [0.1, 0.15) is 23.6 Å². The smallest absolute Gasteiger partial charge is 0.192 e. The fourth-order valence-electron chi connectivity index (χ4n) is 3.86. The van der Waals surface area contributed by atoms with E-state index >= 15 is 0 Å². The van der Waals surface area contributed by atoms with Gasteiger partial charge >= 0.3 is 0 Å². The van der Waals surface area contributed by atoms with Gasteiger partial charge < -0.3 is 24.8 Å². The number of para-hydroxylation sites is 2. The SMILES string of the molecule is COc1ccccc1N1CCC(NC(=NCc2ccccc2)NCc2nnc(C)n2C)C1.I. The lowest BCUT2D eigenvalue weighted by molar-refractivity contribution is 0.415. The van der Waals surface area contributed by atoms with Crippen LogP contribution in [0.25, 0.3) is 0 Å². The van der Waals surface area contributed by atoms with Crippen molar-refractivity contribution in [3.8, 4) is 5.75 Å². The van der Waals surface area contributed by atoms with Crippen LogP contribution in [0.3, 0.4) is 0 Å². The van der Waals surface area contributed by atoms with E-state index in [1.807, 2.05) is 48.9 Å². The molecule has 0 amide bonds. The summed E-state index contributed by atoms with van der Waals surface area (Å²) in [5.41, 5.74) is 2.30. The van der Waals surface area contributed by atoms with Crippen molar-refractivity contribution in [1.29, 1.82) is 0 Å². The van der Waals surface area contributed by atoms with Gasteiger partial charge in [0.2, 0.25) is 0 Å². The summed E-state index contributed by atoms with van der Waals surface area (Å²) >= 11 is 0. The summed E-state index contributed by atoms with van der Waals surface area (Å²) in [6.45, 7) is 4.96. The molecule has 1 aliphatic rings. The molecule has 0 spiro atoms. The molecule has 8 nitrogen and oxygen atoms in total. The van der Waals surface area contributed by atoms with Gasteiger partial charge in [0.05, 0.1) is 25.9 Å². The van der Waals surface area contributed by atoms with Gasteiger partial charge in [-0.2, -0.15) is 0 Å². The molecule has 33 heavy (non-hydrogen) atoms. The van der Waals surface area contributed by atoms with E-state index in [0.717, 1.165) is 48.6 Å². The molecule has 2 aromatic carbocycles. The molecule has 1 aliphatic heterocycles. The summed E-state index contributed by atoms with van der Waals surface area (Å²) in [5.74, 6) is 3.45. The second-order valence-electron chi connectivity index (χ2n) is 7.97. The van der Waals surface area contributed by atoms with Gasteiger partial charge in [0.1, 0.15) is 11.6 Å². The number of halogens is 1.